The third-order valence-electron chi connectivity index (χ3n) is 6.58. The van der Waals surface area contributed by atoms with E-state index in [1.165, 1.54) is 0 Å². The van der Waals surface area contributed by atoms with Crippen LogP contribution in [-0.2, 0) is 25.8 Å². The van der Waals surface area contributed by atoms with Gasteiger partial charge in [0.2, 0.25) is 11.8 Å². The van der Waals surface area contributed by atoms with Gasteiger partial charge in [-0.1, -0.05) is 44.2 Å². The number of hydrogen-bond acceptors (Lipinski definition) is 4. The van der Waals surface area contributed by atoms with Gasteiger partial charge in [-0.25, -0.2) is 8.42 Å². The summed E-state index contributed by atoms with van der Waals surface area (Å²) in [6, 6.07) is 8.50. The smallest absolute Gasteiger partial charge is 0.243 e. The minimum Gasteiger partial charge on any atom is -0.351 e. The second kappa shape index (κ2) is 9.94. The highest BCUT2D eigenvalue weighted by atomic mass is 32.2. The number of carbonyl (C=O) groups excluding carboxylic acids is 2. The number of amides is 2. The Bertz CT molecular complexity index is 830. The summed E-state index contributed by atoms with van der Waals surface area (Å²) in [6.45, 7) is 4.46. The minimum absolute atomic E-state index is 0.0239. The van der Waals surface area contributed by atoms with E-state index in [0.29, 0.717) is 24.7 Å². The molecule has 30 heavy (non-hydrogen) atoms. The van der Waals surface area contributed by atoms with Crippen LogP contribution in [0.4, 0.5) is 0 Å². The summed E-state index contributed by atoms with van der Waals surface area (Å²) >= 11 is 0. The van der Waals surface area contributed by atoms with Crippen molar-refractivity contribution >= 4 is 21.7 Å². The lowest BCUT2D eigenvalue weighted by atomic mass is 9.76. The predicted molar refractivity (Wildman–Crippen MR) is 118 cm³/mol. The summed E-state index contributed by atoms with van der Waals surface area (Å²) in [5, 5.41) is 5.83. The standard InChI is InChI=1S/C23H34N2O4S/c1-16(2)18-8-10-19(11-9-18)22(26)25-21(14-17-6-4-3-5-7-17)23(27)24-20-12-13-30(28,29)15-20/h3-7,16,18-21H,8-15H2,1-2H3,(H,24,27)(H,25,26). The monoisotopic (exact) mass is 434 g/mol. The van der Waals surface area contributed by atoms with E-state index < -0.39 is 15.9 Å². The SMILES string of the molecule is CC(C)C1CCC(C(=O)NC(Cc2ccccc2)C(=O)NC2CCS(=O)(=O)C2)CC1. The first-order valence-electron chi connectivity index (χ1n) is 11.1. The van der Waals surface area contributed by atoms with Gasteiger partial charge in [0.1, 0.15) is 6.04 Å². The number of benzene rings is 1. The molecule has 2 fully saturated rings. The van der Waals surface area contributed by atoms with E-state index in [9.17, 15) is 18.0 Å². The minimum atomic E-state index is -3.08. The van der Waals surface area contributed by atoms with Crippen LogP contribution in [0.5, 0.6) is 0 Å². The fourth-order valence-electron chi connectivity index (χ4n) is 4.61. The Kier molecular flexibility index (Phi) is 7.55. The van der Waals surface area contributed by atoms with Crippen molar-refractivity contribution in [2.45, 2.75) is 64.5 Å². The van der Waals surface area contributed by atoms with E-state index in [4.69, 9.17) is 0 Å². The quantitative estimate of drug-likeness (QED) is 0.690. The van der Waals surface area contributed by atoms with Gasteiger partial charge < -0.3 is 10.6 Å². The number of rotatable bonds is 7. The van der Waals surface area contributed by atoms with Crippen molar-refractivity contribution in [3.63, 3.8) is 0 Å². The highest BCUT2D eigenvalue weighted by Crippen LogP contribution is 2.33. The van der Waals surface area contributed by atoms with E-state index in [-0.39, 0.29) is 35.3 Å². The van der Waals surface area contributed by atoms with Crippen LogP contribution < -0.4 is 10.6 Å². The van der Waals surface area contributed by atoms with Crippen LogP contribution in [0.3, 0.4) is 0 Å². The molecule has 2 atom stereocenters. The summed E-state index contributed by atoms with van der Waals surface area (Å²) < 4.78 is 23.4. The summed E-state index contributed by atoms with van der Waals surface area (Å²) in [5.41, 5.74) is 0.959. The first-order valence-corrected chi connectivity index (χ1v) is 12.9. The Morgan fingerprint density at radius 2 is 1.70 bits per heavy atom. The molecule has 1 heterocycles. The molecule has 0 radical (unpaired) electrons. The molecule has 1 aromatic carbocycles. The van der Waals surface area contributed by atoms with Gasteiger partial charge >= 0.3 is 0 Å². The summed E-state index contributed by atoms with van der Waals surface area (Å²) in [5.74, 6) is 0.960. The lowest BCUT2D eigenvalue weighted by Crippen LogP contribution is -2.52. The number of sulfone groups is 1. The normalized spacial score (nSPS) is 26.8. The zero-order valence-corrected chi connectivity index (χ0v) is 18.8. The van der Waals surface area contributed by atoms with Crippen molar-refractivity contribution < 1.29 is 18.0 Å². The molecule has 7 heteroatoms. The maximum atomic E-state index is 13.0. The van der Waals surface area contributed by atoms with E-state index in [2.05, 4.69) is 24.5 Å². The molecule has 0 aromatic heterocycles. The molecule has 0 spiro atoms. The molecule has 3 rings (SSSR count). The molecule has 2 N–H and O–H groups in total. The lowest BCUT2D eigenvalue weighted by Gasteiger charge is -2.31. The van der Waals surface area contributed by atoms with E-state index in [0.717, 1.165) is 31.2 Å². The molecular weight excluding hydrogens is 400 g/mol. The molecule has 6 nitrogen and oxygen atoms in total. The fraction of sp³-hybridized carbons (Fsp3) is 0.652. The van der Waals surface area contributed by atoms with Crippen LogP contribution >= 0.6 is 0 Å². The zero-order chi connectivity index (χ0) is 21.7. The molecule has 1 aliphatic heterocycles. The average Bonchev–Trinajstić information content (AvgIpc) is 3.06. The van der Waals surface area contributed by atoms with Gasteiger partial charge in [-0.2, -0.15) is 0 Å². The Hall–Kier alpha value is -1.89. The van der Waals surface area contributed by atoms with Crippen LogP contribution in [0.2, 0.25) is 0 Å². The Morgan fingerprint density at radius 1 is 1.03 bits per heavy atom. The summed E-state index contributed by atoms with van der Waals surface area (Å²) in [4.78, 5) is 25.9. The van der Waals surface area contributed by atoms with Crippen molar-refractivity contribution in [2.24, 2.45) is 17.8 Å². The van der Waals surface area contributed by atoms with Gasteiger partial charge in [0.15, 0.2) is 9.84 Å². The zero-order valence-electron chi connectivity index (χ0n) is 18.0. The van der Waals surface area contributed by atoms with Gasteiger partial charge in [0.05, 0.1) is 11.5 Å². The molecule has 2 aliphatic rings. The lowest BCUT2D eigenvalue weighted by molar-refractivity contribution is -0.132. The summed E-state index contributed by atoms with van der Waals surface area (Å²) in [7, 11) is -3.08. The van der Waals surface area contributed by atoms with Crippen LogP contribution in [-0.4, -0.2) is 43.8 Å². The highest BCUT2D eigenvalue weighted by molar-refractivity contribution is 7.91. The van der Waals surface area contributed by atoms with Crippen LogP contribution in [0.1, 0.15) is 51.5 Å². The Balaban J connectivity index is 1.63. The molecule has 1 saturated heterocycles. The van der Waals surface area contributed by atoms with Gasteiger partial charge in [0.25, 0.3) is 0 Å². The van der Waals surface area contributed by atoms with Gasteiger partial charge in [0, 0.05) is 18.4 Å². The van der Waals surface area contributed by atoms with Crippen LogP contribution in [0.25, 0.3) is 0 Å². The maximum Gasteiger partial charge on any atom is 0.243 e. The molecule has 166 valence electrons. The number of carbonyl (C=O) groups is 2. The number of hydrogen-bond donors (Lipinski definition) is 2. The summed E-state index contributed by atoms with van der Waals surface area (Å²) in [6.07, 6.45) is 4.62. The van der Waals surface area contributed by atoms with Gasteiger partial charge in [-0.15, -0.1) is 0 Å². The van der Waals surface area contributed by atoms with Gasteiger partial charge in [-0.05, 0) is 49.5 Å². The predicted octanol–water partition coefficient (Wildman–Crippen LogP) is 2.48. The maximum absolute atomic E-state index is 13.0. The molecular formula is C23H34N2O4S. The Morgan fingerprint density at radius 3 is 2.27 bits per heavy atom. The highest BCUT2D eigenvalue weighted by Gasteiger charge is 2.33. The second-order valence-electron chi connectivity index (χ2n) is 9.22. The fourth-order valence-corrected chi connectivity index (χ4v) is 6.28. The van der Waals surface area contributed by atoms with Crippen LogP contribution in [0, 0.1) is 17.8 Å². The van der Waals surface area contributed by atoms with E-state index in [1.807, 2.05) is 30.3 Å². The first-order chi connectivity index (χ1) is 14.2. The van der Waals surface area contributed by atoms with E-state index in [1.54, 1.807) is 0 Å². The van der Waals surface area contributed by atoms with E-state index >= 15 is 0 Å². The largest absolute Gasteiger partial charge is 0.351 e. The van der Waals surface area contributed by atoms with Crippen molar-refractivity contribution in [2.75, 3.05) is 11.5 Å². The van der Waals surface area contributed by atoms with Crippen molar-refractivity contribution in [3.05, 3.63) is 35.9 Å². The Labute approximate surface area is 180 Å². The first kappa shape index (κ1) is 22.8. The van der Waals surface area contributed by atoms with Crippen molar-refractivity contribution in [1.29, 1.82) is 0 Å². The van der Waals surface area contributed by atoms with Crippen molar-refractivity contribution in [3.8, 4) is 0 Å². The molecule has 0 bridgehead atoms. The van der Waals surface area contributed by atoms with Gasteiger partial charge in [-0.3, -0.25) is 9.59 Å². The molecule has 1 aliphatic carbocycles. The average molecular weight is 435 g/mol. The molecule has 1 aromatic rings. The topological polar surface area (TPSA) is 92.3 Å². The second-order valence-corrected chi connectivity index (χ2v) is 11.4. The molecule has 1 saturated carbocycles. The number of nitrogens with one attached hydrogen (secondary N) is 2. The third kappa shape index (κ3) is 6.30. The van der Waals surface area contributed by atoms with Crippen LogP contribution in [0.15, 0.2) is 30.3 Å². The molecule has 2 unspecified atom stereocenters. The van der Waals surface area contributed by atoms with Crippen molar-refractivity contribution in [1.82, 2.24) is 10.6 Å². The third-order valence-corrected chi connectivity index (χ3v) is 8.35. The molecule has 2 amide bonds.